The summed E-state index contributed by atoms with van der Waals surface area (Å²) in [6.45, 7) is 3.83. The topological polar surface area (TPSA) is 66.6 Å². The minimum absolute atomic E-state index is 0.0377. The van der Waals surface area contributed by atoms with Crippen LogP contribution in [0.25, 0.3) is 0 Å². The lowest BCUT2D eigenvalue weighted by atomic mass is 9.91. The average Bonchev–Trinajstić information content (AvgIpc) is 3.16. The molecule has 0 spiro atoms. The van der Waals surface area contributed by atoms with Crippen molar-refractivity contribution in [3.05, 3.63) is 58.3 Å². The van der Waals surface area contributed by atoms with Crippen LogP contribution in [0.5, 0.6) is 0 Å². The summed E-state index contributed by atoms with van der Waals surface area (Å²) in [5.74, 6) is -0.0624. The SMILES string of the molecule is CC(N)(C(=O)N1CCN(C(=O)c2cccs2)CC1)c1ccccc1. The standard InChI is InChI=1S/C18H21N3O2S/c1-18(19,14-6-3-2-4-7-14)17(23)21-11-9-20(10-12-21)16(22)15-8-5-13-24-15/h2-8,13H,9-12,19H2,1H3. The van der Waals surface area contributed by atoms with Gasteiger partial charge in [0.2, 0.25) is 5.91 Å². The Morgan fingerprint density at radius 2 is 1.62 bits per heavy atom. The fourth-order valence-corrected chi connectivity index (χ4v) is 3.60. The monoisotopic (exact) mass is 343 g/mol. The first kappa shape index (κ1) is 16.7. The number of carbonyl (C=O) groups is 2. The molecular formula is C18H21N3O2S. The van der Waals surface area contributed by atoms with Gasteiger partial charge in [-0.05, 0) is 23.9 Å². The highest BCUT2D eigenvalue weighted by Gasteiger charge is 2.36. The quantitative estimate of drug-likeness (QED) is 0.926. The maximum Gasteiger partial charge on any atom is 0.264 e. The van der Waals surface area contributed by atoms with E-state index in [2.05, 4.69) is 0 Å². The van der Waals surface area contributed by atoms with Crippen LogP contribution in [-0.2, 0) is 10.3 Å². The van der Waals surface area contributed by atoms with Crippen molar-refractivity contribution in [3.8, 4) is 0 Å². The molecule has 5 nitrogen and oxygen atoms in total. The van der Waals surface area contributed by atoms with E-state index < -0.39 is 5.54 Å². The van der Waals surface area contributed by atoms with Crippen LogP contribution in [0.15, 0.2) is 47.8 Å². The number of thiophene rings is 1. The number of hydrogen-bond acceptors (Lipinski definition) is 4. The van der Waals surface area contributed by atoms with Crippen LogP contribution >= 0.6 is 11.3 Å². The van der Waals surface area contributed by atoms with E-state index in [0.717, 1.165) is 10.4 Å². The van der Waals surface area contributed by atoms with Gasteiger partial charge in [0.25, 0.3) is 5.91 Å². The van der Waals surface area contributed by atoms with Crippen molar-refractivity contribution in [2.45, 2.75) is 12.5 Å². The number of benzene rings is 1. The molecular weight excluding hydrogens is 322 g/mol. The largest absolute Gasteiger partial charge is 0.337 e. The van der Waals surface area contributed by atoms with Crippen molar-refractivity contribution >= 4 is 23.2 Å². The van der Waals surface area contributed by atoms with Crippen molar-refractivity contribution in [1.82, 2.24) is 9.80 Å². The third-order valence-electron chi connectivity index (χ3n) is 4.40. The van der Waals surface area contributed by atoms with Crippen molar-refractivity contribution in [2.75, 3.05) is 26.2 Å². The highest BCUT2D eigenvalue weighted by Crippen LogP contribution is 2.22. The van der Waals surface area contributed by atoms with Gasteiger partial charge in [-0.1, -0.05) is 36.4 Å². The Hall–Kier alpha value is -2.18. The highest BCUT2D eigenvalue weighted by atomic mass is 32.1. The smallest absolute Gasteiger partial charge is 0.264 e. The molecule has 0 saturated carbocycles. The lowest BCUT2D eigenvalue weighted by molar-refractivity contribution is -0.138. The van der Waals surface area contributed by atoms with Gasteiger partial charge < -0.3 is 15.5 Å². The molecule has 3 rings (SSSR count). The molecule has 0 radical (unpaired) electrons. The first-order valence-electron chi connectivity index (χ1n) is 7.96. The zero-order valence-electron chi connectivity index (χ0n) is 13.6. The lowest BCUT2D eigenvalue weighted by Crippen LogP contribution is -2.57. The third kappa shape index (κ3) is 3.20. The van der Waals surface area contributed by atoms with Crippen LogP contribution in [0.2, 0.25) is 0 Å². The Balaban J connectivity index is 1.64. The van der Waals surface area contributed by atoms with E-state index in [-0.39, 0.29) is 11.8 Å². The van der Waals surface area contributed by atoms with E-state index in [1.165, 1.54) is 11.3 Å². The molecule has 1 aromatic carbocycles. The van der Waals surface area contributed by atoms with Gasteiger partial charge in [-0.15, -0.1) is 11.3 Å². The van der Waals surface area contributed by atoms with Crippen LogP contribution in [0.3, 0.4) is 0 Å². The Kier molecular flexibility index (Phi) is 4.69. The van der Waals surface area contributed by atoms with Crippen LogP contribution in [0, 0.1) is 0 Å². The molecule has 1 unspecified atom stereocenters. The highest BCUT2D eigenvalue weighted by molar-refractivity contribution is 7.12. The molecule has 126 valence electrons. The molecule has 1 aliphatic rings. The molecule has 1 fully saturated rings. The predicted molar refractivity (Wildman–Crippen MR) is 94.8 cm³/mol. The van der Waals surface area contributed by atoms with E-state index in [1.807, 2.05) is 47.8 Å². The summed E-state index contributed by atoms with van der Waals surface area (Å²) in [5.41, 5.74) is 6.06. The molecule has 6 heteroatoms. The first-order valence-corrected chi connectivity index (χ1v) is 8.84. The van der Waals surface area contributed by atoms with E-state index in [9.17, 15) is 9.59 Å². The minimum atomic E-state index is -1.05. The van der Waals surface area contributed by atoms with Gasteiger partial charge in [0, 0.05) is 26.2 Å². The third-order valence-corrected chi connectivity index (χ3v) is 5.26. The molecule has 1 aliphatic heterocycles. The molecule has 0 aliphatic carbocycles. The number of nitrogens with two attached hydrogens (primary N) is 1. The fraction of sp³-hybridized carbons (Fsp3) is 0.333. The van der Waals surface area contributed by atoms with E-state index in [4.69, 9.17) is 5.73 Å². The Morgan fingerprint density at radius 3 is 2.21 bits per heavy atom. The Morgan fingerprint density at radius 1 is 1.00 bits per heavy atom. The maximum absolute atomic E-state index is 12.8. The van der Waals surface area contributed by atoms with Gasteiger partial charge in [-0.2, -0.15) is 0 Å². The zero-order chi connectivity index (χ0) is 17.2. The fourth-order valence-electron chi connectivity index (χ4n) is 2.91. The predicted octanol–water partition coefficient (Wildman–Crippen LogP) is 1.91. The number of nitrogens with zero attached hydrogens (tertiary/aromatic N) is 2. The summed E-state index contributed by atoms with van der Waals surface area (Å²) in [4.78, 5) is 29.5. The van der Waals surface area contributed by atoms with Gasteiger partial charge in [0.05, 0.1) is 4.88 Å². The number of carbonyl (C=O) groups excluding carboxylic acids is 2. The number of amides is 2. The van der Waals surface area contributed by atoms with Crippen molar-refractivity contribution in [1.29, 1.82) is 0 Å². The molecule has 2 amide bonds. The normalized spacial score (nSPS) is 17.4. The number of hydrogen-bond donors (Lipinski definition) is 1. The van der Waals surface area contributed by atoms with Crippen LogP contribution < -0.4 is 5.73 Å². The molecule has 2 heterocycles. The lowest BCUT2D eigenvalue weighted by Gasteiger charge is -2.38. The van der Waals surface area contributed by atoms with Gasteiger partial charge in [-0.3, -0.25) is 9.59 Å². The molecule has 1 aromatic heterocycles. The van der Waals surface area contributed by atoms with Crippen LogP contribution in [0.4, 0.5) is 0 Å². The summed E-state index contributed by atoms with van der Waals surface area (Å²) >= 11 is 1.44. The molecule has 1 saturated heterocycles. The second-order valence-corrected chi connectivity index (χ2v) is 7.08. The molecule has 2 N–H and O–H groups in total. The summed E-state index contributed by atoms with van der Waals surface area (Å²) in [6.07, 6.45) is 0. The van der Waals surface area contributed by atoms with Crippen molar-refractivity contribution < 1.29 is 9.59 Å². The molecule has 2 aromatic rings. The second kappa shape index (κ2) is 6.75. The van der Waals surface area contributed by atoms with Gasteiger partial charge in [0.1, 0.15) is 5.54 Å². The summed E-state index contributed by atoms with van der Waals surface area (Å²) in [7, 11) is 0. The van der Waals surface area contributed by atoms with Gasteiger partial charge in [-0.25, -0.2) is 0 Å². The van der Waals surface area contributed by atoms with Crippen LogP contribution in [-0.4, -0.2) is 47.8 Å². The summed E-state index contributed by atoms with van der Waals surface area (Å²) < 4.78 is 0. The molecule has 1 atom stereocenters. The summed E-state index contributed by atoms with van der Waals surface area (Å²) in [6, 6.07) is 13.1. The van der Waals surface area contributed by atoms with Crippen LogP contribution in [0.1, 0.15) is 22.2 Å². The van der Waals surface area contributed by atoms with Gasteiger partial charge >= 0.3 is 0 Å². The average molecular weight is 343 g/mol. The molecule has 0 bridgehead atoms. The first-order chi connectivity index (χ1) is 11.5. The van der Waals surface area contributed by atoms with Crippen molar-refractivity contribution in [2.24, 2.45) is 5.73 Å². The number of piperazine rings is 1. The van der Waals surface area contributed by atoms with Gasteiger partial charge in [0.15, 0.2) is 0 Å². The van der Waals surface area contributed by atoms with E-state index in [1.54, 1.807) is 16.7 Å². The zero-order valence-corrected chi connectivity index (χ0v) is 14.5. The Bertz CT molecular complexity index is 705. The van der Waals surface area contributed by atoms with Crippen molar-refractivity contribution in [3.63, 3.8) is 0 Å². The van der Waals surface area contributed by atoms with E-state index >= 15 is 0 Å². The second-order valence-electron chi connectivity index (χ2n) is 6.13. The Labute approximate surface area is 145 Å². The minimum Gasteiger partial charge on any atom is -0.337 e. The number of rotatable bonds is 3. The maximum atomic E-state index is 12.8. The van der Waals surface area contributed by atoms with E-state index in [0.29, 0.717) is 26.2 Å². The molecule has 24 heavy (non-hydrogen) atoms. The summed E-state index contributed by atoms with van der Waals surface area (Å²) in [5, 5.41) is 1.90.